The van der Waals surface area contributed by atoms with E-state index in [-0.39, 0.29) is 5.92 Å². The summed E-state index contributed by atoms with van der Waals surface area (Å²) in [5.74, 6) is 1.09. The Morgan fingerprint density at radius 2 is 2.05 bits per heavy atom. The maximum Gasteiger partial charge on any atom is 0.131 e. The molecule has 0 unspecified atom stereocenters. The largest absolute Gasteiger partial charge is 0.325 e. The highest BCUT2D eigenvalue weighted by Crippen LogP contribution is 2.24. The van der Waals surface area contributed by atoms with Crippen LogP contribution in [0.15, 0.2) is 10.7 Å². The lowest BCUT2D eigenvalue weighted by atomic mass is 10.2. The number of aryl methyl sites for hydroxylation is 1. The van der Waals surface area contributed by atoms with Crippen molar-refractivity contribution in [2.75, 3.05) is 0 Å². The molecule has 0 aliphatic rings. The summed E-state index contributed by atoms with van der Waals surface area (Å²) < 4.78 is 2.84. The lowest BCUT2D eigenvalue weighted by molar-refractivity contribution is 0.730. The van der Waals surface area contributed by atoms with Crippen molar-refractivity contribution in [3.8, 4) is 5.69 Å². The van der Waals surface area contributed by atoms with Crippen LogP contribution in [0.1, 0.15) is 42.7 Å². The molecule has 0 saturated heterocycles. The minimum Gasteiger partial charge on any atom is -0.325 e. The van der Waals surface area contributed by atoms with Gasteiger partial charge in [-0.2, -0.15) is 5.10 Å². The van der Waals surface area contributed by atoms with Crippen molar-refractivity contribution in [3.63, 3.8) is 0 Å². The van der Waals surface area contributed by atoms with Crippen LogP contribution in [0.5, 0.6) is 0 Å². The van der Waals surface area contributed by atoms with Gasteiger partial charge in [0.15, 0.2) is 0 Å². The minimum absolute atomic E-state index is 0.284. The average molecular weight is 324 g/mol. The third kappa shape index (κ3) is 2.55. The van der Waals surface area contributed by atoms with E-state index in [2.05, 4.69) is 44.8 Å². The molecule has 0 aromatic carbocycles. The predicted molar refractivity (Wildman–Crippen MR) is 78.3 cm³/mol. The number of nitrogens with two attached hydrogens (primary N) is 1. The molecule has 0 aliphatic carbocycles. The Hall–Kier alpha value is -1.27. The molecule has 0 radical (unpaired) electrons. The van der Waals surface area contributed by atoms with Gasteiger partial charge in [0.2, 0.25) is 0 Å². The van der Waals surface area contributed by atoms with E-state index < -0.39 is 0 Å². The molecule has 5 nitrogen and oxygen atoms in total. The van der Waals surface area contributed by atoms with Crippen molar-refractivity contribution >= 4 is 15.9 Å². The second-order valence-electron chi connectivity index (χ2n) is 4.82. The van der Waals surface area contributed by atoms with Crippen molar-refractivity contribution in [1.82, 2.24) is 19.7 Å². The Bertz CT molecular complexity index is 603. The Morgan fingerprint density at radius 1 is 1.37 bits per heavy atom. The fourth-order valence-electron chi connectivity index (χ4n) is 1.89. The molecule has 2 aromatic rings. The smallest absolute Gasteiger partial charge is 0.131 e. The molecule has 0 amide bonds. The molecule has 2 heterocycles. The van der Waals surface area contributed by atoms with E-state index in [1.807, 2.05) is 18.5 Å². The van der Waals surface area contributed by atoms with Gasteiger partial charge in [-0.25, -0.2) is 14.6 Å². The first-order valence-electron chi connectivity index (χ1n) is 6.23. The summed E-state index contributed by atoms with van der Waals surface area (Å²) in [6, 6.07) is 0. The second-order valence-corrected chi connectivity index (χ2v) is 5.61. The fourth-order valence-corrected chi connectivity index (χ4v) is 2.14. The molecule has 0 aliphatic heterocycles. The average Bonchev–Trinajstić information content (AvgIpc) is 2.65. The second kappa shape index (κ2) is 5.38. The van der Waals surface area contributed by atoms with Crippen molar-refractivity contribution in [1.29, 1.82) is 0 Å². The van der Waals surface area contributed by atoms with Crippen LogP contribution >= 0.6 is 15.9 Å². The number of hydrogen-bond donors (Lipinski definition) is 1. The Labute approximate surface area is 121 Å². The highest BCUT2D eigenvalue weighted by Gasteiger charge is 2.15. The molecular formula is C13H18BrN5. The first-order chi connectivity index (χ1) is 8.95. The van der Waals surface area contributed by atoms with Crippen molar-refractivity contribution in [2.24, 2.45) is 5.73 Å². The van der Waals surface area contributed by atoms with Gasteiger partial charge in [0.25, 0.3) is 0 Å². The number of aromatic nitrogens is 4. The molecule has 0 atom stereocenters. The predicted octanol–water partition coefficient (Wildman–Crippen LogP) is 2.62. The van der Waals surface area contributed by atoms with Crippen LogP contribution in [0.2, 0.25) is 0 Å². The zero-order valence-electron chi connectivity index (χ0n) is 11.6. The van der Waals surface area contributed by atoms with Gasteiger partial charge in [-0.1, -0.05) is 13.8 Å². The first kappa shape index (κ1) is 14.1. The van der Waals surface area contributed by atoms with Crippen LogP contribution < -0.4 is 5.73 Å². The van der Waals surface area contributed by atoms with E-state index in [1.165, 1.54) is 0 Å². The third-order valence-electron chi connectivity index (χ3n) is 3.01. The van der Waals surface area contributed by atoms with Crippen LogP contribution in [0.3, 0.4) is 0 Å². The SMILES string of the molecule is Cc1nn(-c2cnc(C(C)C)nc2CN)c(C)c1Br. The van der Waals surface area contributed by atoms with Gasteiger partial charge in [-0.05, 0) is 29.8 Å². The van der Waals surface area contributed by atoms with Gasteiger partial charge < -0.3 is 5.73 Å². The number of halogens is 1. The molecule has 2 N–H and O–H groups in total. The van der Waals surface area contributed by atoms with E-state index >= 15 is 0 Å². The van der Waals surface area contributed by atoms with Crippen molar-refractivity contribution in [2.45, 2.75) is 40.2 Å². The van der Waals surface area contributed by atoms with E-state index in [0.717, 1.165) is 33.1 Å². The summed E-state index contributed by atoms with van der Waals surface area (Å²) in [7, 11) is 0. The van der Waals surface area contributed by atoms with Crippen molar-refractivity contribution in [3.05, 3.63) is 33.6 Å². The van der Waals surface area contributed by atoms with Gasteiger partial charge in [-0.3, -0.25) is 0 Å². The first-order valence-corrected chi connectivity index (χ1v) is 7.03. The van der Waals surface area contributed by atoms with Gasteiger partial charge >= 0.3 is 0 Å². The number of rotatable bonds is 3. The molecule has 0 spiro atoms. The summed E-state index contributed by atoms with van der Waals surface area (Å²) in [5, 5.41) is 4.50. The zero-order valence-corrected chi connectivity index (χ0v) is 13.2. The van der Waals surface area contributed by atoms with Crippen LogP contribution in [0.25, 0.3) is 5.69 Å². The van der Waals surface area contributed by atoms with Crippen LogP contribution in [0.4, 0.5) is 0 Å². The highest BCUT2D eigenvalue weighted by molar-refractivity contribution is 9.10. The van der Waals surface area contributed by atoms with E-state index in [4.69, 9.17) is 5.73 Å². The molecular weight excluding hydrogens is 306 g/mol. The van der Waals surface area contributed by atoms with Crippen LogP contribution in [-0.2, 0) is 6.54 Å². The lowest BCUT2D eigenvalue weighted by Crippen LogP contribution is -2.12. The van der Waals surface area contributed by atoms with Crippen LogP contribution in [0, 0.1) is 13.8 Å². The van der Waals surface area contributed by atoms with Gasteiger partial charge in [-0.15, -0.1) is 0 Å². The van der Waals surface area contributed by atoms with Crippen LogP contribution in [-0.4, -0.2) is 19.7 Å². The monoisotopic (exact) mass is 323 g/mol. The summed E-state index contributed by atoms with van der Waals surface area (Å²) in [6.07, 6.45) is 1.80. The summed E-state index contributed by atoms with van der Waals surface area (Å²) in [6.45, 7) is 8.46. The van der Waals surface area contributed by atoms with E-state index in [1.54, 1.807) is 6.20 Å². The zero-order chi connectivity index (χ0) is 14.2. The fraction of sp³-hybridized carbons (Fsp3) is 0.462. The molecule has 0 bridgehead atoms. The van der Waals surface area contributed by atoms with E-state index in [0.29, 0.717) is 6.54 Å². The number of hydrogen-bond acceptors (Lipinski definition) is 4. The topological polar surface area (TPSA) is 69.6 Å². The minimum atomic E-state index is 0.284. The number of nitrogens with zero attached hydrogens (tertiary/aromatic N) is 4. The van der Waals surface area contributed by atoms with Gasteiger partial charge in [0.05, 0.1) is 27.8 Å². The Kier molecular flexibility index (Phi) is 4.01. The normalized spacial score (nSPS) is 11.3. The molecule has 19 heavy (non-hydrogen) atoms. The lowest BCUT2D eigenvalue weighted by Gasteiger charge is -2.11. The van der Waals surface area contributed by atoms with Gasteiger partial charge in [0, 0.05) is 12.5 Å². The molecule has 102 valence electrons. The molecule has 0 fully saturated rings. The highest BCUT2D eigenvalue weighted by atomic mass is 79.9. The summed E-state index contributed by atoms with van der Waals surface area (Å²) in [4.78, 5) is 8.94. The molecule has 0 saturated carbocycles. The quantitative estimate of drug-likeness (QED) is 0.942. The maximum atomic E-state index is 5.81. The van der Waals surface area contributed by atoms with E-state index in [9.17, 15) is 0 Å². The molecule has 2 aromatic heterocycles. The standard InChI is InChI=1S/C13H18BrN5/c1-7(2)13-16-6-11(10(5-15)17-13)19-9(4)12(14)8(3)18-19/h6-7H,5,15H2,1-4H3. The molecule has 6 heteroatoms. The molecule has 2 rings (SSSR count). The maximum absolute atomic E-state index is 5.81. The Balaban J connectivity index is 2.58. The Morgan fingerprint density at radius 3 is 2.53 bits per heavy atom. The third-order valence-corrected chi connectivity index (χ3v) is 4.15. The van der Waals surface area contributed by atoms with Crippen molar-refractivity contribution < 1.29 is 0 Å². The summed E-state index contributed by atoms with van der Waals surface area (Å²) >= 11 is 3.53. The summed E-state index contributed by atoms with van der Waals surface area (Å²) in [5.41, 5.74) is 9.43. The van der Waals surface area contributed by atoms with Gasteiger partial charge in [0.1, 0.15) is 11.5 Å².